The second-order valence-electron chi connectivity index (χ2n) is 5.87. The Hall–Kier alpha value is -1.10. The topological polar surface area (TPSA) is 41.9 Å². The van der Waals surface area contributed by atoms with Crippen molar-refractivity contribution < 1.29 is 14.6 Å². The van der Waals surface area contributed by atoms with Gasteiger partial charge < -0.3 is 14.6 Å². The molecule has 1 N–H and O–H groups in total. The van der Waals surface area contributed by atoms with E-state index in [2.05, 4.69) is 11.8 Å². The molecular formula is C16H23NO3. The highest BCUT2D eigenvalue weighted by Gasteiger charge is 2.37. The minimum Gasteiger partial charge on any atom is -0.497 e. The van der Waals surface area contributed by atoms with Crippen LogP contribution in [0, 0.1) is 0 Å². The van der Waals surface area contributed by atoms with Crippen molar-refractivity contribution in [3.8, 4) is 5.75 Å². The minimum absolute atomic E-state index is 0.107. The van der Waals surface area contributed by atoms with E-state index in [1.165, 1.54) is 0 Å². The quantitative estimate of drug-likeness (QED) is 0.914. The van der Waals surface area contributed by atoms with Crippen LogP contribution in [0.5, 0.6) is 5.75 Å². The molecule has 2 fully saturated rings. The number of likely N-dealkylation sites (tertiary alicyclic amines) is 1. The van der Waals surface area contributed by atoms with Crippen molar-refractivity contribution in [2.75, 3.05) is 20.2 Å². The molecule has 2 aliphatic heterocycles. The van der Waals surface area contributed by atoms with E-state index in [1.54, 1.807) is 7.11 Å². The Labute approximate surface area is 120 Å². The van der Waals surface area contributed by atoms with E-state index >= 15 is 0 Å². The number of methoxy groups -OCH3 is 1. The molecule has 4 nitrogen and oxygen atoms in total. The van der Waals surface area contributed by atoms with E-state index in [9.17, 15) is 5.11 Å². The van der Waals surface area contributed by atoms with E-state index in [-0.39, 0.29) is 6.04 Å². The Bertz CT molecular complexity index is 436. The summed E-state index contributed by atoms with van der Waals surface area (Å²) in [7, 11) is 1.65. The number of fused-ring (bicyclic) bond motifs is 2. The Morgan fingerprint density at radius 3 is 2.35 bits per heavy atom. The van der Waals surface area contributed by atoms with Crippen LogP contribution in [0.3, 0.4) is 0 Å². The first-order chi connectivity index (χ1) is 9.67. The number of aliphatic hydroxyl groups excluding tert-OH is 1. The van der Waals surface area contributed by atoms with Gasteiger partial charge in [-0.15, -0.1) is 0 Å². The summed E-state index contributed by atoms with van der Waals surface area (Å²) < 4.78 is 11.0. The van der Waals surface area contributed by atoms with Crippen LogP contribution in [0.2, 0.25) is 0 Å². The summed E-state index contributed by atoms with van der Waals surface area (Å²) in [4.78, 5) is 2.36. The van der Waals surface area contributed by atoms with Gasteiger partial charge in [0.05, 0.1) is 25.4 Å². The molecule has 2 aliphatic rings. The molecule has 0 aromatic heterocycles. The lowest BCUT2D eigenvalue weighted by molar-refractivity contribution is -0.0695. The Morgan fingerprint density at radius 2 is 1.80 bits per heavy atom. The number of hydrogen-bond donors (Lipinski definition) is 1. The number of morpholine rings is 1. The fourth-order valence-corrected chi connectivity index (χ4v) is 3.26. The van der Waals surface area contributed by atoms with Crippen molar-refractivity contribution in [3.05, 3.63) is 29.8 Å². The van der Waals surface area contributed by atoms with Gasteiger partial charge in [0.15, 0.2) is 0 Å². The van der Waals surface area contributed by atoms with Crippen molar-refractivity contribution in [1.82, 2.24) is 4.90 Å². The van der Waals surface area contributed by atoms with Crippen LogP contribution in [-0.4, -0.2) is 48.5 Å². The smallest absolute Gasteiger partial charge is 0.118 e. The van der Waals surface area contributed by atoms with E-state index in [0.717, 1.165) is 37.2 Å². The molecule has 0 spiro atoms. The molecular weight excluding hydrogens is 254 g/mol. The van der Waals surface area contributed by atoms with Gasteiger partial charge >= 0.3 is 0 Å². The molecule has 1 aromatic rings. The van der Waals surface area contributed by atoms with Crippen molar-refractivity contribution in [2.24, 2.45) is 0 Å². The van der Waals surface area contributed by atoms with Gasteiger partial charge in [-0.1, -0.05) is 12.1 Å². The molecule has 4 heteroatoms. The number of ether oxygens (including phenoxy) is 2. The average Bonchev–Trinajstić information content (AvgIpc) is 2.84. The number of benzene rings is 1. The number of aliphatic hydroxyl groups is 1. The maximum Gasteiger partial charge on any atom is 0.118 e. The monoisotopic (exact) mass is 277 g/mol. The van der Waals surface area contributed by atoms with Crippen molar-refractivity contribution in [2.45, 2.75) is 44.1 Å². The maximum absolute atomic E-state index is 10.6. The molecule has 2 heterocycles. The Balaban J connectivity index is 1.67. The zero-order chi connectivity index (χ0) is 14.1. The second kappa shape index (κ2) is 5.72. The van der Waals surface area contributed by atoms with Crippen LogP contribution in [-0.2, 0) is 4.74 Å². The summed E-state index contributed by atoms with van der Waals surface area (Å²) in [5.74, 6) is 0.818. The van der Waals surface area contributed by atoms with Gasteiger partial charge in [0, 0.05) is 19.1 Å². The van der Waals surface area contributed by atoms with Gasteiger partial charge in [-0.3, -0.25) is 4.90 Å². The molecule has 20 heavy (non-hydrogen) atoms. The Morgan fingerprint density at radius 1 is 1.20 bits per heavy atom. The predicted octanol–water partition coefficient (Wildman–Crippen LogP) is 1.98. The highest BCUT2D eigenvalue weighted by Crippen LogP contribution is 2.30. The van der Waals surface area contributed by atoms with E-state index < -0.39 is 6.10 Å². The summed E-state index contributed by atoms with van der Waals surface area (Å²) in [6, 6.07) is 7.78. The third-order valence-corrected chi connectivity index (χ3v) is 4.56. The van der Waals surface area contributed by atoms with Gasteiger partial charge in [0.1, 0.15) is 5.75 Å². The minimum atomic E-state index is -0.474. The standard InChI is InChI=1S/C16H23NO3/c1-11(17-9-14-7-8-15(10-17)20-14)16(18)12-3-5-13(19-2)6-4-12/h3-6,11,14-16,18H,7-10H2,1-2H3. The highest BCUT2D eigenvalue weighted by atomic mass is 16.5. The molecule has 2 saturated heterocycles. The summed E-state index contributed by atoms with van der Waals surface area (Å²) in [6.45, 7) is 3.97. The average molecular weight is 277 g/mol. The molecule has 3 rings (SSSR count). The van der Waals surface area contributed by atoms with Crippen molar-refractivity contribution in [1.29, 1.82) is 0 Å². The van der Waals surface area contributed by atoms with Gasteiger partial charge in [-0.25, -0.2) is 0 Å². The summed E-state index contributed by atoms with van der Waals surface area (Å²) in [6.07, 6.45) is 2.57. The van der Waals surface area contributed by atoms with E-state index in [0.29, 0.717) is 12.2 Å². The molecule has 110 valence electrons. The van der Waals surface area contributed by atoms with E-state index in [4.69, 9.17) is 9.47 Å². The zero-order valence-electron chi connectivity index (χ0n) is 12.2. The predicted molar refractivity (Wildman–Crippen MR) is 76.9 cm³/mol. The first-order valence-corrected chi connectivity index (χ1v) is 7.39. The number of rotatable bonds is 4. The van der Waals surface area contributed by atoms with Crippen LogP contribution in [0.25, 0.3) is 0 Å². The molecule has 0 radical (unpaired) electrons. The fourth-order valence-electron chi connectivity index (χ4n) is 3.26. The van der Waals surface area contributed by atoms with Crippen LogP contribution >= 0.6 is 0 Å². The van der Waals surface area contributed by atoms with Gasteiger partial charge in [0.25, 0.3) is 0 Å². The number of nitrogens with zero attached hydrogens (tertiary/aromatic N) is 1. The van der Waals surface area contributed by atoms with Crippen LogP contribution in [0.1, 0.15) is 31.4 Å². The molecule has 0 amide bonds. The third-order valence-electron chi connectivity index (χ3n) is 4.56. The van der Waals surface area contributed by atoms with Crippen molar-refractivity contribution >= 4 is 0 Å². The largest absolute Gasteiger partial charge is 0.497 e. The lowest BCUT2D eigenvalue weighted by Gasteiger charge is -2.38. The summed E-state index contributed by atoms with van der Waals surface area (Å²) >= 11 is 0. The van der Waals surface area contributed by atoms with Gasteiger partial charge in [-0.05, 0) is 37.5 Å². The highest BCUT2D eigenvalue weighted by molar-refractivity contribution is 5.29. The maximum atomic E-state index is 10.6. The second-order valence-corrected chi connectivity index (χ2v) is 5.87. The molecule has 0 saturated carbocycles. The number of hydrogen-bond acceptors (Lipinski definition) is 4. The molecule has 2 bridgehead atoms. The van der Waals surface area contributed by atoms with E-state index in [1.807, 2.05) is 24.3 Å². The van der Waals surface area contributed by atoms with Crippen LogP contribution < -0.4 is 4.74 Å². The van der Waals surface area contributed by atoms with Crippen LogP contribution in [0.4, 0.5) is 0 Å². The summed E-state index contributed by atoms with van der Waals surface area (Å²) in [5, 5.41) is 10.6. The van der Waals surface area contributed by atoms with Gasteiger partial charge in [0.2, 0.25) is 0 Å². The van der Waals surface area contributed by atoms with Gasteiger partial charge in [-0.2, -0.15) is 0 Å². The lowest BCUT2D eigenvalue weighted by Crippen LogP contribution is -2.48. The summed E-state index contributed by atoms with van der Waals surface area (Å²) in [5.41, 5.74) is 0.942. The normalized spacial score (nSPS) is 29.1. The SMILES string of the molecule is COc1ccc(C(O)C(C)N2CC3CCC(C2)O3)cc1. The fraction of sp³-hybridized carbons (Fsp3) is 0.625. The third kappa shape index (κ3) is 2.68. The Kier molecular flexibility index (Phi) is 3.96. The van der Waals surface area contributed by atoms with Crippen molar-refractivity contribution in [3.63, 3.8) is 0 Å². The lowest BCUT2D eigenvalue weighted by atomic mass is 10.0. The zero-order valence-corrected chi connectivity index (χ0v) is 12.2. The van der Waals surface area contributed by atoms with Crippen LogP contribution in [0.15, 0.2) is 24.3 Å². The first-order valence-electron chi connectivity index (χ1n) is 7.39. The molecule has 4 atom stereocenters. The first kappa shape index (κ1) is 13.9. The molecule has 4 unspecified atom stereocenters. The molecule has 1 aromatic carbocycles. The molecule has 0 aliphatic carbocycles.